The Bertz CT molecular complexity index is 803. The molecule has 0 atom stereocenters. The van der Waals surface area contributed by atoms with Crippen LogP contribution in [0.15, 0.2) is 53.4 Å². The van der Waals surface area contributed by atoms with Gasteiger partial charge in [0.1, 0.15) is 0 Å². The number of carbonyl (C=O) groups excluding carboxylic acids is 1. The van der Waals surface area contributed by atoms with Crippen molar-refractivity contribution >= 4 is 33.3 Å². The average molecular weight is 354 g/mol. The molecule has 0 aliphatic rings. The highest BCUT2D eigenvalue weighted by Crippen LogP contribution is 2.24. The van der Waals surface area contributed by atoms with Crippen molar-refractivity contribution in [3.8, 4) is 0 Å². The van der Waals surface area contributed by atoms with E-state index in [0.717, 1.165) is 4.31 Å². The van der Waals surface area contributed by atoms with E-state index in [1.165, 1.54) is 37.4 Å². The molecule has 0 aliphatic heterocycles. The third kappa shape index (κ3) is 3.83. The van der Waals surface area contributed by atoms with Gasteiger partial charge in [0.25, 0.3) is 10.0 Å². The first-order valence-corrected chi connectivity index (χ1v) is 8.69. The Balaban J connectivity index is 2.36. The van der Waals surface area contributed by atoms with Gasteiger partial charge in [0, 0.05) is 12.1 Å². The van der Waals surface area contributed by atoms with Gasteiger partial charge in [-0.2, -0.15) is 0 Å². The van der Waals surface area contributed by atoms with Crippen LogP contribution in [-0.4, -0.2) is 28.0 Å². The summed E-state index contributed by atoms with van der Waals surface area (Å²) in [5.41, 5.74) is 0.660. The summed E-state index contributed by atoms with van der Waals surface area (Å²) < 4.78 is 31.3. The van der Waals surface area contributed by atoms with Crippen molar-refractivity contribution in [3.63, 3.8) is 0 Å². The van der Waals surface area contributed by atoms with E-state index in [2.05, 4.69) is 0 Å². The maximum atomic E-state index is 12.6. The van der Waals surface area contributed by atoms with Crippen molar-refractivity contribution in [1.82, 2.24) is 0 Å². The highest BCUT2D eigenvalue weighted by Gasteiger charge is 2.22. The molecule has 0 N–H and O–H groups in total. The van der Waals surface area contributed by atoms with E-state index in [1.54, 1.807) is 25.1 Å². The van der Waals surface area contributed by atoms with Crippen molar-refractivity contribution in [1.29, 1.82) is 0 Å². The number of hydrogen-bond donors (Lipinski definition) is 0. The van der Waals surface area contributed by atoms with Crippen molar-refractivity contribution in [2.45, 2.75) is 11.8 Å². The lowest BCUT2D eigenvalue weighted by Gasteiger charge is -2.20. The van der Waals surface area contributed by atoms with Gasteiger partial charge >= 0.3 is 5.97 Å². The normalized spacial score (nSPS) is 11.1. The predicted molar refractivity (Wildman–Crippen MR) is 89.4 cm³/mol. The average Bonchev–Trinajstić information content (AvgIpc) is 2.55. The fraction of sp³-hybridized carbons (Fsp3) is 0.188. The van der Waals surface area contributed by atoms with Gasteiger partial charge in [0.15, 0.2) is 0 Å². The van der Waals surface area contributed by atoms with Crippen molar-refractivity contribution < 1.29 is 17.9 Å². The second-order valence-electron chi connectivity index (χ2n) is 4.70. The van der Waals surface area contributed by atoms with E-state index in [1.807, 2.05) is 0 Å². The summed E-state index contributed by atoms with van der Waals surface area (Å²) in [6.07, 6.45) is 0. The summed E-state index contributed by atoms with van der Waals surface area (Å²) in [5, 5.41) is 0.455. The molecule has 7 heteroatoms. The Labute approximate surface area is 140 Å². The van der Waals surface area contributed by atoms with Crippen LogP contribution in [0.25, 0.3) is 0 Å². The van der Waals surface area contributed by atoms with E-state index >= 15 is 0 Å². The zero-order chi connectivity index (χ0) is 17.0. The molecule has 2 rings (SSSR count). The first-order chi connectivity index (χ1) is 10.9. The monoisotopic (exact) mass is 353 g/mol. The fourth-order valence-corrected chi connectivity index (χ4v) is 3.26. The number of ether oxygens (including phenoxy) is 1. The number of rotatable bonds is 5. The number of esters is 1. The quantitative estimate of drug-likeness (QED) is 0.773. The Morgan fingerprint density at radius 1 is 1.17 bits per heavy atom. The molecule has 0 saturated heterocycles. The highest BCUT2D eigenvalue weighted by molar-refractivity contribution is 7.92. The van der Waals surface area contributed by atoms with E-state index in [9.17, 15) is 13.2 Å². The van der Waals surface area contributed by atoms with Crippen LogP contribution in [0.3, 0.4) is 0 Å². The lowest BCUT2D eigenvalue weighted by Crippen LogP contribution is -2.26. The van der Waals surface area contributed by atoms with Gasteiger partial charge in [-0.3, -0.25) is 4.31 Å². The lowest BCUT2D eigenvalue weighted by atomic mass is 10.2. The minimum absolute atomic E-state index is 0.117. The van der Waals surface area contributed by atoms with Gasteiger partial charge in [-0.15, -0.1) is 0 Å². The van der Waals surface area contributed by atoms with E-state index in [-0.39, 0.29) is 11.5 Å². The van der Waals surface area contributed by atoms with Crippen molar-refractivity contribution in [2.24, 2.45) is 0 Å². The molecule has 0 unspecified atom stereocenters. The van der Waals surface area contributed by atoms with Gasteiger partial charge in [-0.05, 0) is 49.4 Å². The van der Waals surface area contributed by atoms with Crippen LogP contribution in [0.1, 0.15) is 17.3 Å². The maximum absolute atomic E-state index is 12.6. The van der Waals surface area contributed by atoms with E-state index in [0.29, 0.717) is 16.3 Å². The summed E-state index contributed by atoms with van der Waals surface area (Å²) in [6, 6.07) is 12.2. The van der Waals surface area contributed by atoms with Gasteiger partial charge in [-0.25, -0.2) is 13.2 Å². The number of anilines is 1. The number of sulfonamides is 1. The number of hydrogen-bond acceptors (Lipinski definition) is 4. The standard InChI is InChI=1S/C16H16ClNO4S/c1-3-22-16(19)12-5-4-6-14(11-12)18(2)23(20,21)15-9-7-13(17)8-10-15/h4-11H,3H2,1-2H3. The molecular formula is C16H16ClNO4S. The summed E-state index contributed by atoms with van der Waals surface area (Å²) in [7, 11) is -2.32. The lowest BCUT2D eigenvalue weighted by molar-refractivity contribution is 0.0526. The molecule has 0 radical (unpaired) electrons. The molecule has 0 heterocycles. The third-order valence-corrected chi connectivity index (χ3v) is 5.24. The zero-order valence-electron chi connectivity index (χ0n) is 12.7. The third-order valence-electron chi connectivity index (χ3n) is 3.19. The summed E-state index contributed by atoms with van der Waals surface area (Å²) >= 11 is 5.78. The van der Waals surface area contributed by atoms with Crippen LogP contribution in [0.4, 0.5) is 5.69 Å². The SMILES string of the molecule is CCOC(=O)c1cccc(N(C)S(=O)(=O)c2ccc(Cl)cc2)c1. The predicted octanol–water partition coefficient (Wildman–Crippen LogP) is 3.34. The summed E-state index contributed by atoms with van der Waals surface area (Å²) in [6.45, 7) is 1.96. The number of benzene rings is 2. The molecular weight excluding hydrogens is 338 g/mol. The van der Waals surface area contributed by atoms with Crippen LogP contribution < -0.4 is 4.31 Å². The molecule has 0 amide bonds. The summed E-state index contributed by atoms with van der Waals surface area (Å²) in [5.74, 6) is -0.494. The Morgan fingerprint density at radius 2 is 1.83 bits per heavy atom. The minimum atomic E-state index is -3.74. The van der Waals surface area contributed by atoms with E-state index in [4.69, 9.17) is 16.3 Å². The Morgan fingerprint density at radius 3 is 2.43 bits per heavy atom. The molecule has 0 spiro atoms. The van der Waals surface area contributed by atoms with Gasteiger partial charge in [0.05, 0.1) is 22.8 Å². The molecule has 0 bridgehead atoms. The fourth-order valence-electron chi connectivity index (χ4n) is 1.95. The zero-order valence-corrected chi connectivity index (χ0v) is 14.3. The van der Waals surface area contributed by atoms with Crippen LogP contribution in [0, 0.1) is 0 Å². The molecule has 0 aromatic heterocycles. The highest BCUT2D eigenvalue weighted by atomic mass is 35.5. The van der Waals surface area contributed by atoms with Crippen molar-refractivity contribution in [3.05, 3.63) is 59.1 Å². The van der Waals surface area contributed by atoms with Crippen LogP contribution >= 0.6 is 11.6 Å². The second kappa shape index (κ2) is 7.02. The summed E-state index contributed by atoms with van der Waals surface area (Å²) in [4.78, 5) is 11.9. The number of halogens is 1. The van der Waals surface area contributed by atoms with Crippen LogP contribution in [0.5, 0.6) is 0 Å². The molecule has 0 fully saturated rings. The molecule has 5 nitrogen and oxygen atoms in total. The molecule has 23 heavy (non-hydrogen) atoms. The van der Waals surface area contributed by atoms with E-state index < -0.39 is 16.0 Å². The number of carbonyl (C=O) groups is 1. The molecule has 122 valence electrons. The minimum Gasteiger partial charge on any atom is -0.462 e. The largest absolute Gasteiger partial charge is 0.462 e. The molecule has 2 aromatic rings. The van der Waals surface area contributed by atoms with Crippen molar-refractivity contribution in [2.75, 3.05) is 18.0 Å². The topological polar surface area (TPSA) is 63.7 Å². The van der Waals surface area contributed by atoms with Gasteiger partial charge in [0.2, 0.25) is 0 Å². The Hall–Kier alpha value is -2.05. The van der Waals surface area contributed by atoms with Gasteiger partial charge < -0.3 is 4.74 Å². The Kier molecular flexibility index (Phi) is 5.28. The first-order valence-electron chi connectivity index (χ1n) is 6.88. The maximum Gasteiger partial charge on any atom is 0.338 e. The van der Waals surface area contributed by atoms with Gasteiger partial charge in [-0.1, -0.05) is 17.7 Å². The van der Waals surface area contributed by atoms with Crippen LogP contribution in [-0.2, 0) is 14.8 Å². The van der Waals surface area contributed by atoms with Crippen LogP contribution in [0.2, 0.25) is 5.02 Å². The molecule has 0 saturated carbocycles. The molecule has 0 aliphatic carbocycles. The first kappa shape index (κ1) is 17.3. The number of nitrogens with zero attached hydrogens (tertiary/aromatic N) is 1. The molecule has 2 aromatic carbocycles. The second-order valence-corrected chi connectivity index (χ2v) is 7.10. The smallest absolute Gasteiger partial charge is 0.338 e.